The summed E-state index contributed by atoms with van der Waals surface area (Å²) >= 11 is 0. The molecule has 0 bridgehead atoms. The first-order chi connectivity index (χ1) is 8.83. The highest BCUT2D eigenvalue weighted by Crippen LogP contribution is 2.26. The van der Waals surface area contributed by atoms with E-state index < -0.39 is 6.36 Å². The van der Waals surface area contributed by atoms with Crippen molar-refractivity contribution < 1.29 is 13.9 Å². The molecule has 3 rings (SSSR count). The van der Waals surface area contributed by atoms with E-state index in [1.165, 1.54) is 11.1 Å². The Morgan fingerprint density at radius 2 is 2.28 bits per heavy atom. The van der Waals surface area contributed by atoms with Crippen molar-refractivity contribution in [3.05, 3.63) is 29.3 Å². The van der Waals surface area contributed by atoms with Gasteiger partial charge in [-0.15, -0.1) is 0 Å². The van der Waals surface area contributed by atoms with E-state index in [2.05, 4.69) is 11.4 Å². The molecule has 0 aromatic heterocycles. The molecule has 0 spiro atoms. The predicted octanol–water partition coefficient (Wildman–Crippen LogP) is 2.19. The van der Waals surface area contributed by atoms with Gasteiger partial charge in [0.05, 0.1) is 19.3 Å². The Kier molecular flexibility index (Phi) is 3.48. The van der Waals surface area contributed by atoms with Crippen molar-refractivity contribution in [2.75, 3.05) is 13.2 Å². The van der Waals surface area contributed by atoms with E-state index in [0.717, 1.165) is 31.6 Å². The Hall–Kier alpha value is -1.13. The number of halogens is 1. The minimum absolute atomic E-state index is 0.178. The summed E-state index contributed by atoms with van der Waals surface area (Å²) < 4.78 is 23.9. The zero-order chi connectivity index (χ0) is 12.4. The molecule has 1 fully saturated rings. The van der Waals surface area contributed by atoms with Gasteiger partial charge < -0.3 is 14.8 Å². The number of ether oxygens (including phenoxy) is 2. The second-order valence-electron chi connectivity index (χ2n) is 4.89. The zero-order valence-corrected chi connectivity index (χ0v) is 10.3. The molecule has 4 heteroatoms. The fraction of sp³-hybridized carbons (Fsp3) is 0.571. The van der Waals surface area contributed by atoms with E-state index in [9.17, 15) is 4.39 Å². The minimum Gasteiger partial charge on any atom is -0.493 e. The number of nitrogens with one attached hydrogen (secondary N) is 1. The molecule has 3 nitrogen and oxygen atoms in total. The van der Waals surface area contributed by atoms with Crippen LogP contribution in [0.15, 0.2) is 18.2 Å². The van der Waals surface area contributed by atoms with Crippen LogP contribution in [0.4, 0.5) is 4.39 Å². The van der Waals surface area contributed by atoms with Crippen LogP contribution in [0.3, 0.4) is 0 Å². The summed E-state index contributed by atoms with van der Waals surface area (Å²) in [6.07, 6.45) is 1.57. The molecule has 2 unspecified atom stereocenters. The van der Waals surface area contributed by atoms with Crippen LogP contribution in [0.5, 0.6) is 5.75 Å². The average molecular weight is 251 g/mol. The molecule has 0 saturated carbocycles. The van der Waals surface area contributed by atoms with Gasteiger partial charge in [-0.2, -0.15) is 0 Å². The van der Waals surface area contributed by atoms with Gasteiger partial charge in [0.15, 0.2) is 0 Å². The summed E-state index contributed by atoms with van der Waals surface area (Å²) in [7, 11) is 0. The van der Waals surface area contributed by atoms with Gasteiger partial charge in [-0.1, -0.05) is 12.1 Å². The molecule has 98 valence electrons. The second kappa shape index (κ2) is 5.24. The van der Waals surface area contributed by atoms with Crippen molar-refractivity contribution in [3.63, 3.8) is 0 Å². The molecule has 2 heterocycles. The summed E-state index contributed by atoms with van der Waals surface area (Å²) in [5.74, 6) is 0.989. The lowest BCUT2D eigenvalue weighted by atomic mass is 10.1. The fourth-order valence-corrected chi connectivity index (χ4v) is 2.54. The lowest BCUT2D eigenvalue weighted by molar-refractivity contribution is -0.0897. The van der Waals surface area contributed by atoms with Gasteiger partial charge in [-0.3, -0.25) is 0 Å². The summed E-state index contributed by atoms with van der Waals surface area (Å²) in [6.45, 7) is 1.99. The summed E-state index contributed by atoms with van der Waals surface area (Å²) in [5, 5.41) is 3.24. The SMILES string of the molecule is FC1OCCCC1NCc1ccc2c(c1)CCO2. The number of hydrogen-bond donors (Lipinski definition) is 1. The van der Waals surface area contributed by atoms with Crippen LogP contribution in [0.25, 0.3) is 0 Å². The molecule has 1 saturated heterocycles. The van der Waals surface area contributed by atoms with Crippen LogP contribution in [-0.2, 0) is 17.7 Å². The third-order valence-corrected chi connectivity index (χ3v) is 3.58. The molecule has 2 aliphatic rings. The monoisotopic (exact) mass is 251 g/mol. The van der Waals surface area contributed by atoms with Crippen molar-refractivity contribution >= 4 is 0 Å². The van der Waals surface area contributed by atoms with Crippen LogP contribution in [-0.4, -0.2) is 25.6 Å². The molecule has 1 aromatic carbocycles. The Balaban J connectivity index is 1.59. The number of hydrogen-bond acceptors (Lipinski definition) is 3. The standard InChI is InChI=1S/C14H18FNO2/c15-14-12(2-1-6-18-14)16-9-10-3-4-13-11(8-10)5-7-17-13/h3-4,8,12,14,16H,1-2,5-7,9H2. The maximum Gasteiger partial charge on any atom is 0.214 e. The maximum atomic E-state index is 13.5. The van der Waals surface area contributed by atoms with E-state index in [-0.39, 0.29) is 6.04 Å². The molecular weight excluding hydrogens is 233 g/mol. The third kappa shape index (κ3) is 2.49. The molecule has 0 aliphatic carbocycles. The summed E-state index contributed by atoms with van der Waals surface area (Å²) in [5.41, 5.74) is 2.43. The number of fused-ring (bicyclic) bond motifs is 1. The van der Waals surface area contributed by atoms with Crippen molar-refractivity contribution in [2.45, 2.75) is 38.2 Å². The van der Waals surface area contributed by atoms with Crippen LogP contribution >= 0.6 is 0 Å². The zero-order valence-electron chi connectivity index (χ0n) is 10.3. The number of alkyl halides is 1. The van der Waals surface area contributed by atoms with Gasteiger partial charge in [-0.05, 0) is 30.0 Å². The average Bonchev–Trinajstić information content (AvgIpc) is 2.85. The van der Waals surface area contributed by atoms with Crippen LogP contribution in [0.2, 0.25) is 0 Å². The highest BCUT2D eigenvalue weighted by atomic mass is 19.1. The van der Waals surface area contributed by atoms with Gasteiger partial charge in [-0.25, -0.2) is 4.39 Å². The van der Waals surface area contributed by atoms with Gasteiger partial charge in [0.1, 0.15) is 5.75 Å². The Bertz CT molecular complexity index is 424. The Morgan fingerprint density at radius 1 is 1.33 bits per heavy atom. The smallest absolute Gasteiger partial charge is 0.214 e. The number of rotatable bonds is 3. The first-order valence-corrected chi connectivity index (χ1v) is 6.56. The molecular formula is C14H18FNO2. The van der Waals surface area contributed by atoms with Gasteiger partial charge in [0.2, 0.25) is 6.36 Å². The Morgan fingerprint density at radius 3 is 3.17 bits per heavy atom. The molecule has 1 N–H and O–H groups in total. The van der Waals surface area contributed by atoms with Gasteiger partial charge >= 0.3 is 0 Å². The normalized spacial score (nSPS) is 26.7. The molecule has 2 aliphatic heterocycles. The quantitative estimate of drug-likeness (QED) is 0.893. The van der Waals surface area contributed by atoms with E-state index in [1.54, 1.807) is 0 Å². The van der Waals surface area contributed by atoms with Crippen molar-refractivity contribution in [1.82, 2.24) is 5.32 Å². The van der Waals surface area contributed by atoms with Gasteiger partial charge in [0.25, 0.3) is 0 Å². The Labute approximate surface area is 106 Å². The van der Waals surface area contributed by atoms with Crippen molar-refractivity contribution in [3.8, 4) is 5.75 Å². The molecule has 0 radical (unpaired) electrons. The van der Waals surface area contributed by atoms with E-state index in [4.69, 9.17) is 9.47 Å². The molecule has 1 aromatic rings. The van der Waals surface area contributed by atoms with Crippen molar-refractivity contribution in [1.29, 1.82) is 0 Å². The lowest BCUT2D eigenvalue weighted by Crippen LogP contribution is -2.41. The van der Waals surface area contributed by atoms with E-state index >= 15 is 0 Å². The lowest BCUT2D eigenvalue weighted by Gasteiger charge is -2.27. The topological polar surface area (TPSA) is 30.5 Å². The van der Waals surface area contributed by atoms with Crippen LogP contribution in [0.1, 0.15) is 24.0 Å². The first kappa shape index (κ1) is 11.9. The maximum absolute atomic E-state index is 13.5. The van der Waals surface area contributed by atoms with Crippen LogP contribution < -0.4 is 10.1 Å². The van der Waals surface area contributed by atoms with Gasteiger partial charge in [0, 0.05) is 13.0 Å². The van der Waals surface area contributed by atoms with E-state index in [0.29, 0.717) is 13.2 Å². The minimum atomic E-state index is -1.17. The molecule has 2 atom stereocenters. The van der Waals surface area contributed by atoms with E-state index in [1.807, 2.05) is 12.1 Å². The fourth-order valence-electron chi connectivity index (χ4n) is 2.54. The number of benzene rings is 1. The molecule has 18 heavy (non-hydrogen) atoms. The highest BCUT2D eigenvalue weighted by molar-refractivity contribution is 5.39. The van der Waals surface area contributed by atoms with Crippen molar-refractivity contribution in [2.24, 2.45) is 0 Å². The summed E-state index contributed by atoms with van der Waals surface area (Å²) in [6, 6.07) is 6.01. The van der Waals surface area contributed by atoms with Crippen LogP contribution in [0, 0.1) is 0 Å². The predicted molar refractivity (Wildman–Crippen MR) is 66.4 cm³/mol. The molecule has 0 amide bonds. The first-order valence-electron chi connectivity index (χ1n) is 6.56. The highest BCUT2D eigenvalue weighted by Gasteiger charge is 2.24. The summed E-state index contributed by atoms with van der Waals surface area (Å²) in [4.78, 5) is 0. The third-order valence-electron chi connectivity index (χ3n) is 3.58. The largest absolute Gasteiger partial charge is 0.493 e. The second-order valence-corrected chi connectivity index (χ2v) is 4.89.